The zero-order chi connectivity index (χ0) is 11.9. The molecule has 2 N–H and O–H groups in total. The molecular weight excluding hydrogens is 234 g/mol. The summed E-state index contributed by atoms with van der Waals surface area (Å²) in [7, 11) is 0. The van der Waals surface area contributed by atoms with Gasteiger partial charge in [0.05, 0.1) is 10.3 Å². The van der Waals surface area contributed by atoms with Crippen LogP contribution in [0.3, 0.4) is 0 Å². The van der Waals surface area contributed by atoms with Gasteiger partial charge in [-0.2, -0.15) is 4.98 Å². The van der Waals surface area contributed by atoms with E-state index in [0.29, 0.717) is 0 Å². The minimum absolute atomic E-state index is 0.0141. The normalized spacial score (nSPS) is 32.1. The Kier molecular flexibility index (Phi) is 2.70. The summed E-state index contributed by atoms with van der Waals surface area (Å²) in [4.78, 5) is 4.59. The molecule has 4 nitrogen and oxygen atoms in total. The van der Waals surface area contributed by atoms with Gasteiger partial charge in [0.25, 0.3) is 0 Å². The first kappa shape index (κ1) is 11.5. The Morgan fingerprint density at radius 2 is 2.00 bits per heavy atom. The predicted molar refractivity (Wildman–Crippen MR) is 67.7 cm³/mol. The summed E-state index contributed by atoms with van der Waals surface area (Å²) >= 11 is 1.92. The van der Waals surface area contributed by atoms with Crippen molar-refractivity contribution in [3.05, 3.63) is 11.7 Å². The second-order valence-corrected chi connectivity index (χ2v) is 7.07. The van der Waals surface area contributed by atoms with E-state index in [1.807, 2.05) is 11.8 Å². The van der Waals surface area contributed by atoms with Gasteiger partial charge in [-0.3, -0.25) is 0 Å². The molecule has 1 atom stereocenters. The van der Waals surface area contributed by atoms with Crippen molar-refractivity contribution in [1.82, 2.24) is 10.1 Å². The molecule has 0 spiro atoms. The van der Waals surface area contributed by atoms with E-state index >= 15 is 0 Å². The molecule has 1 aliphatic carbocycles. The van der Waals surface area contributed by atoms with E-state index in [1.165, 1.54) is 25.0 Å². The molecule has 94 valence electrons. The maximum absolute atomic E-state index is 6.34. The van der Waals surface area contributed by atoms with Crippen molar-refractivity contribution < 1.29 is 4.52 Å². The SMILES string of the molecule is CC1(c2nc(C3(N)CCCC3)no2)CCCS1. The van der Waals surface area contributed by atoms with E-state index in [0.717, 1.165) is 31.0 Å². The first-order chi connectivity index (χ1) is 8.12. The summed E-state index contributed by atoms with van der Waals surface area (Å²) in [6.07, 6.45) is 6.66. The Balaban J connectivity index is 1.87. The molecule has 0 radical (unpaired) electrons. The van der Waals surface area contributed by atoms with Gasteiger partial charge in [0.2, 0.25) is 5.89 Å². The molecule has 2 heterocycles. The lowest BCUT2D eigenvalue weighted by Gasteiger charge is -2.19. The molecule has 1 aromatic heterocycles. The predicted octanol–water partition coefficient (Wildman–Crippen LogP) is 2.54. The maximum Gasteiger partial charge on any atom is 0.242 e. The standard InChI is InChI=1S/C12H19N3OS/c1-11(5-4-8-17-11)10-14-9(15-16-10)12(13)6-2-3-7-12/h2-8,13H2,1H3. The Morgan fingerprint density at radius 1 is 1.24 bits per heavy atom. The number of aromatic nitrogens is 2. The van der Waals surface area contributed by atoms with Crippen LogP contribution in [0.5, 0.6) is 0 Å². The Bertz CT molecular complexity index is 369. The third kappa shape index (κ3) is 1.89. The lowest BCUT2D eigenvalue weighted by molar-refractivity contribution is 0.326. The maximum atomic E-state index is 6.34. The summed E-state index contributed by atoms with van der Waals surface area (Å²) in [6.45, 7) is 2.19. The molecule has 17 heavy (non-hydrogen) atoms. The van der Waals surface area contributed by atoms with E-state index in [-0.39, 0.29) is 10.3 Å². The van der Waals surface area contributed by atoms with Crippen LogP contribution < -0.4 is 5.73 Å². The average molecular weight is 253 g/mol. The zero-order valence-electron chi connectivity index (χ0n) is 10.2. The number of hydrogen-bond acceptors (Lipinski definition) is 5. The van der Waals surface area contributed by atoms with Gasteiger partial charge in [0, 0.05) is 0 Å². The van der Waals surface area contributed by atoms with Crippen LogP contribution in [-0.4, -0.2) is 15.9 Å². The Labute approximate surface area is 106 Å². The summed E-state index contributed by atoms with van der Waals surface area (Å²) in [6, 6.07) is 0. The van der Waals surface area contributed by atoms with Crippen LogP contribution in [0, 0.1) is 0 Å². The van der Waals surface area contributed by atoms with Crippen molar-refractivity contribution in [2.24, 2.45) is 5.73 Å². The van der Waals surface area contributed by atoms with E-state index < -0.39 is 0 Å². The molecule has 0 bridgehead atoms. The van der Waals surface area contributed by atoms with E-state index in [9.17, 15) is 0 Å². The van der Waals surface area contributed by atoms with E-state index in [1.54, 1.807) is 0 Å². The van der Waals surface area contributed by atoms with Crippen LogP contribution in [0.2, 0.25) is 0 Å². The molecule has 1 unspecified atom stereocenters. The van der Waals surface area contributed by atoms with Crippen molar-refractivity contribution >= 4 is 11.8 Å². The molecule has 1 aromatic rings. The van der Waals surface area contributed by atoms with Gasteiger partial charge in [-0.1, -0.05) is 18.0 Å². The van der Waals surface area contributed by atoms with Crippen LogP contribution in [0.4, 0.5) is 0 Å². The molecular formula is C12H19N3OS. The monoisotopic (exact) mass is 253 g/mol. The molecule has 1 aliphatic heterocycles. The quantitative estimate of drug-likeness (QED) is 0.877. The van der Waals surface area contributed by atoms with Gasteiger partial charge >= 0.3 is 0 Å². The second kappa shape index (κ2) is 3.99. The highest BCUT2D eigenvalue weighted by Gasteiger charge is 2.41. The van der Waals surface area contributed by atoms with Crippen molar-refractivity contribution in [2.45, 2.75) is 55.7 Å². The van der Waals surface area contributed by atoms with Crippen molar-refractivity contribution in [1.29, 1.82) is 0 Å². The van der Waals surface area contributed by atoms with Gasteiger partial charge in [0.1, 0.15) is 0 Å². The molecule has 2 fully saturated rings. The third-order valence-corrected chi connectivity index (χ3v) is 5.55. The topological polar surface area (TPSA) is 64.9 Å². The highest BCUT2D eigenvalue weighted by Crippen LogP contribution is 2.46. The average Bonchev–Trinajstić information content (AvgIpc) is 2.97. The van der Waals surface area contributed by atoms with Gasteiger partial charge in [-0.05, 0) is 38.4 Å². The lowest BCUT2D eigenvalue weighted by atomic mass is 9.98. The smallest absolute Gasteiger partial charge is 0.242 e. The summed E-state index contributed by atoms with van der Waals surface area (Å²) in [5.74, 6) is 2.67. The van der Waals surface area contributed by atoms with E-state index in [4.69, 9.17) is 10.3 Å². The van der Waals surface area contributed by atoms with Crippen LogP contribution in [-0.2, 0) is 10.3 Å². The fourth-order valence-corrected chi connectivity index (χ4v) is 4.05. The fraction of sp³-hybridized carbons (Fsp3) is 0.833. The molecule has 0 amide bonds. The van der Waals surface area contributed by atoms with Crippen LogP contribution in [0.15, 0.2) is 4.52 Å². The summed E-state index contributed by atoms with van der Waals surface area (Å²) < 4.78 is 5.48. The van der Waals surface area contributed by atoms with Gasteiger partial charge < -0.3 is 10.3 Å². The van der Waals surface area contributed by atoms with Gasteiger partial charge in [-0.25, -0.2) is 0 Å². The zero-order valence-corrected chi connectivity index (χ0v) is 11.1. The molecule has 1 saturated heterocycles. The highest BCUT2D eigenvalue weighted by atomic mass is 32.2. The Morgan fingerprint density at radius 3 is 2.65 bits per heavy atom. The summed E-state index contributed by atoms with van der Waals surface area (Å²) in [5.41, 5.74) is 6.01. The summed E-state index contributed by atoms with van der Waals surface area (Å²) in [5, 5.41) is 4.14. The Hall–Kier alpha value is -0.550. The number of nitrogens with zero attached hydrogens (tertiary/aromatic N) is 2. The molecule has 1 saturated carbocycles. The third-order valence-electron chi connectivity index (χ3n) is 4.04. The van der Waals surface area contributed by atoms with Crippen LogP contribution >= 0.6 is 11.8 Å². The number of hydrogen-bond donors (Lipinski definition) is 1. The van der Waals surface area contributed by atoms with E-state index in [2.05, 4.69) is 17.1 Å². The van der Waals surface area contributed by atoms with Crippen molar-refractivity contribution in [3.63, 3.8) is 0 Å². The molecule has 0 aromatic carbocycles. The largest absolute Gasteiger partial charge is 0.338 e. The fourth-order valence-electron chi connectivity index (χ4n) is 2.82. The molecule has 2 aliphatic rings. The van der Waals surface area contributed by atoms with Crippen molar-refractivity contribution in [3.8, 4) is 0 Å². The first-order valence-electron chi connectivity index (χ1n) is 6.40. The highest BCUT2D eigenvalue weighted by molar-refractivity contribution is 8.00. The minimum atomic E-state index is -0.332. The van der Waals surface area contributed by atoms with Crippen LogP contribution in [0.25, 0.3) is 0 Å². The minimum Gasteiger partial charge on any atom is -0.338 e. The van der Waals surface area contributed by atoms with Crippen molar-refractivity contribution in [2.75, 3.05) is 5.75 Å². The first-order valence-corrected chi connectivity index (χ1v) is 7.39. The number of nitrogens with two attached hydrogens (primary N) is 1. The number of thioether (sulfide) groups is 1. The van der Waals surface area contributed by atoms with Gasteiger partial charge in [-0.15, -0.1) is 11.8 Å². The molecule has 3 rings (SSSR count). The molecule has 5 heteroatoms. The number of rotatable bonds is 2. The second-order valence-electron chi connectivity index (χ2n) is 5.47. The van der Waals surface area contributed by atoms with Crippen LogP contribution in [0.1, 0.15) is 57.2 Å². The van der Waals surface area contributed by atoms with Gasteiger partial charge in [0.15, 0.2) is 5.82 Å². The lowest BCUT2D eigenvalue weighted by Crippen LogP contribution is -2.34.